The molecule has 3 aromatic carbocycles. The van der Waals surface area contributed by atoms with Gasteiger partial charge in [-0.1, -0.05) is 36.4 Å². The third kappa shape index (κ3) is 5.66. The molecule has 0 spiro atoms. The van der Waals surface area contributed by atoms with E-state index in [2.05, 4.69) is 15.4 Å². The van der Waals surface area contributed by atoms with Crippen molar-refractivity contribution in [3.8, 4) is 0 Å². The zero-order valence-electron chi connectivity index (χ0n) is 15.8. The van der Waals surface area contributed by atoms with E-state index in [1.165, 1.54) is 24.3 Å². The number of primary amides is 1. The molecule has 3 aromatic rings. The molecule has 154 valence electrons. The molecule has 0 atom stereocenters. The summed E-state index contributed by atoms with van der Waals surface area (Å²) in [6.45, 7) is 0.144. The number of amides is 3. The summed E-state index contributed by atoms with van der Waals surface area (Å²) in [5, 5.41) is 5.09. The van der Waals surface area contributed by atoms with Crippen LogP contribution in [-0.4, -0.2) is 20.4 Å². The van der Waals surface area contributed by atoms with Gasteiger partial charge in [-0.3, -0.25) is 4.79 Å². The zero-order chi connectivity index (χ0) is 21.6. The standard InChI is InChI=1S/C21H20N4O4S/c22-21(27)25-18-11-9-17(10-12-18)24-20(26)16-7-4-8-19(13-16)30(28,29)23-14-15-5-2-1-3-6-15/h1-13,23H,14H2,(H,24,26)(H3,22,25,27). The first kappa shape index (κ1) is 21.0. The minimum absolute atomic E-state index is 0.00733. The first-order chi connectivity index (χ1) is 14.3. The zero-order valence-corrected chi connectivity index (χ0v) is 16.6. The summed E-state index contributed by atoms with van der Waals surface area (Å²) in [6.07, 6.45) is 0. The van der Waals surface area contributed by atoms with Crippen LogP contribution in [-0.2, 0) is 16.6 Å². The van der Waals surface area contributed by atoms with E-state index in [0.717, 1.165) is 5.56 Å². The smallest absolute Gasteiger partial charge is 0.316 e. The number of carbonyl (C=O) groups is 2. The van der Waals surface area contributed by atoms with Crippen LogP contribution in [0.4, 0.5) is 16.2 Å². The van der Waals surface area contributed by atoms with Gasteiger partial charge in [0.15, 0.2) is 0 Å². The fourth-order valence-corrected chi connectivity index (χ4v) is 3.71. The lowest BCUT2D eigenvalue weighted by atomic mass is 10.2. The van der Waals surface area contributed by atoms with Crippen molar-refractivity contribution in [1.29, 1.82) is 0 Å². The second kappa shape index (κ2) is 9.21. The topological polar surface area (TPSA) is 130 Å². The van der Waals surface area contributed by atoms with Gasteiger partial charge in [0.2, 0.25) is 10.0 Å². The highest BCUT2D eigenvalue weighted by Gasteiger charge is 2.16. The van der Waals surface area contributed by atoms with Gasteiger partial charge >= 0.3 is 6.03 Å². The van der Waals surface area contributed by atoms with Crippen LogP contribution in [0.1, 0.15) is 15.9 Å². The van der Waals surface area contributed by atoms with Crippen molar-refractivity contribution in [2.45, 2.75) is 11.4 Å². The number of hydrogen-bond acceptors (Lipinski definition) is 4. The van der Waals surface area contributed by atoms with Gasteiger partial charge in [-0.25, -0.2) is 17.9 Å². The van der Waals surface area contributed by atoms with Crippen LogP contribution in [0.2, 0.25) is 0 Å². The first-order valence-electron chi connectivity index (χ1n) is 8.95. The number of nitrogens with two attached hydrogens (primary N) is 1. The molecule has 0 unspecified atom stereocenters. The molecule has 9 heteroatoms. The summed E-state index contributed by atoms with van der Waals surface area (Å²) < 4.78 is 27.7. The van der Waals surface area contributed by atoms with Gasteiger partial charge in [-0.2, -0.15) is 0 Å². The molecule has 0 saturated carbocycles. The normalized spacial score (nSPS) is 10.9. The van der Waals surface area contributed by atoms with Gasteiger partial charge in [0.25, 0.3) is 5.91 Å². The summed E-state index contributed by atoms with van der Waals surface area (Å²) in [5.41, 5.74) is 7.03. The Balaban J connectivity index is 1.69. The summed E-state index contributed by atoms with van der Waals surface area (Å²) in [7, 11) is -3.79. The van der Waals surface area contributed by atoms with E-state index < -0.39 is 22.0 Å². The second-order valence-corrected chi connectivity index (χ2v) is 8.13. The highest BCUT2D eigenvalue weighted by Crippen LogP contribution is 2.17. The fourth-order valence-electron chi connectivity index (χ4n) is 2.64. The van der Waals surface area contributed by atoms with E-state index in [0.29, 0.717) is 11.4 Å². The Morgan fingerprint density at radius 1 is 0.800 bits per heavy atom. The number of anilines is 2. The van der Waals surface area contributed by atoms with Crippen LogP contribution in [0.5, 0.6) is 0 Å². The van der Waals surface area contributed by atoms with Gasteiger partial charge in [0.05, 0.1) is 4.90 Å². The molecule has 0 aromatic heterocycles. The van der Waals surface area contributed by atoms with Crippen molar-refractivity contribution in [1.82, 2.24) is 4.72 Å². The molecule has 30 heavy (non-hydrogen) atoms. The number of rotatable bonds is 7. The van der Waals surface area contributed by atoms with E-state index >= 15 is 0 Å². The third-order valence-electron chi connectivity index (χ3n) is 4.13. The fraction of sp³-hybridized carbons (Fsp3) is 0.0476. The average Bonchev–Trinajstić information content (AvgIpc) is 2.74. The minimum Gasteiger partial charge on any atom is -0.351 e. The minimum atomic E-state index is -3.79. The Labute approximate surface area is 174 Å². The predicted octanol–water partition coefficient (Wildman–Crippen LogP) is 2.91. The Morgan fingerprint density at radius 2 is 1.43 bits per heavy atom. The van der Waals surface area contributed by atoms with Crippen LogP contribution in [0.15, 0.2) is 83.8 Å². The van der Waals surface area contributed by atoms with Crippen LogP contribution in [0.3, 0.4) is 0 Å². The summed E-state index contributed by atoms with van der Waals surface area (Å²) in [4.78, 5) is 23.4. The lowest BCUT2D eigenvalue weighted by molar-refractivity contribution is 0.102. The quantitative estimate of drug-likeness (QED) is 0.464. The third-order valence-corrected chi connectivity index (χ3v) is 5.52. The number of carbonyl (C=O) groups excluding carboxylic acids is 2. The molecule has 0 radical (unpaired) electrons. The molecule has 0 aliphatic heterocycles. The van der Waals surface area contributed by atoms with E-state index in [1.54, 1.807) is 24.3 Å². The lowest BCUT2D eigenvalue weighted by Gasteiger charge is -2.10. The van der Waals surface area contributed by atoms with E-state index in [-0.39, 0.29) is 17.0 Å². The SMILES string of the molecule is NC(=O)Nc1ccc(NC(=O)c2cccc(S(=O)(=O)NCc3ccccc3)c2)cc1. The first-order valence-corrected chi connectivity index (χ1v) is 10.4. The van der Waals surface area contributed by atoms with Crippen LogP contribution in [0, 0.1) is 0 Å². The van der Waals surface area contributed by atoms with Crippen molar-refractivity contribution in [2.24, 2.45) is 5.73 Å². The van der Waals surface area contributed by atoms with Crippen molar-refractivity contribution < 1.29 is 18.0 Å². The monoisotopic (exact) mass is 424 g/mol. The molecule has 5 N–H and O–H groups in total. The molecule has 0 aliphatic rings. The van der Waals surface area contributed by atoms with Crippen molar-refractivity contribution in [2.75, 3.05) is 10.6 Å². The molecule has 0 saturated heterocycles. The lowest BCUT2D eigenvalue weighted by Crippen LogP contribution is -2.23. The Hall–Kier alpha value is -3.69. The maximum absolute atomic E-state index is 12.6. The van der Waals surface area contributed by atoms with Gasteiger partial charge in [0.1, 0.15) is 0 Å². The molecule has 0 bridgehead atoms. The largest absolute Gasteiger partial charge is 0.351 e. The summed E-state index contributed by atoms with van der Waals surface area (Å²) in [6, 6.07) is 20.5. The average molecular weight is 424 g/mol. The van der Waals surface area contributed by atoms with Crippen LogP contribution >= 0.6 is 0 Å². The number of urea groups is 1. The molecule has 8 nitrogen and oxygen atoms in total. The predicted molar refractivity (Wildman–Crippen MR) is 115 cm³/mol. The van der Waals surface area contributed by atoms with Crippen molar-refractivity contribution >= 4 is 33.3 Å². The number of nitrogens with one attached hydrogen (secondary N) is 3. The van der Waals surface area contributed by atoms with Crippen molar-refractivity contribution in [3.63, 3.8) is 0 Å². The van der Waals surface area contributed by atoms with E-state index in [4.69, 9.17) is 5.73 Å². The summed E-state index contributed by atoms with van der Waals surface area (Å²) >= 11 is 0. The highest BCUT2D eigenvalue weighted by molar-refractivity contribution is 7.89. The molecular formula is C21H20N4O4S. The molecule has 0 aliphatic carbocycles. The Bertz CT molecular complexity index is 1150. The van der Waals surface area contributed by atoms with Gasteiger partial charge in [-0.15, -0.1) is 0 Å². The van der Waals surface area contributed by atoms with E-state index in [1.807, 2.05) is 30.3 Å². The Kier molecular flexibility index (Phi) is 6.45. The maximum Gasteiger partial charge on any atom is 0.316 e. The molecule has 3 rings (SSSR count). The number of hydrogen-bond donors (Lipinski definition) is 4. The van der Waals surface area contributed by atoms with Gasteiger partial charge in [-0.05, 0) is 48.0 Å². The molecule has 3 amide bonds. The van der Waals surface area contributed by atoms with Crippen LogP contribution in [0.25, 0.3) is 0 Å². The maximum atomic E-state index is 12.6. The van der Waals surface area contributed by atoms with Crippen molar-refractivity contribution in [3.05, 3.63) is 90.0 Å². The number of benzene rings is 3. The van der Waals surface area contributed by atoms with E-state index in [9.17, 15) is 18.0 Å². The van der Waals surface area contributed by atoms with Crippen LogP contribution < -0.4 is 21.1 Å². The molecular weight excluding hydrogens is 404 g/mol. The molecule has 0 fully saturated rings. The second-order valence-electron chi connectivity index (χ2n) is 6.36. The summed E-state index contributed by atoms with van der Waals surface area (Å²) in [5.74, 6) is -0.467. The van der Waals surface area contributed by atoms with Gasteiger partial charge < -0.3 is 16.4 Å². The number of sulfonamides is 1. The Morgan fingerprint density at radius 3 is 2.07 bits per heavy atom. The molecule has 0 heterocycles. The highest BCUT2D eigenvalue weighted by atomic mass is 32.2. The van der Waals surface area contributed by atoms with Gasteiger partial charge in [0, 0.05) is 23.5 Å².